The predicted molar refractivity (Wildman–Crippen MR) is 67.4 cm³/mol. The maximum Gasteiger partial charge on any atom is 0.133 e. The summed E-state index contributed by atoms with van der Waals surface area (Å²) in [5, 5.41) is 0.517. The predicted octanol–water partition coefficient (Wildman–Crippen LogP) is 5.15. The molecule has 2 aromatic carbocycles. The van der Waals surface area contributed by atoms with Gasteiger partial charge in [0.1, 0.15) is 23.1 Å². The minimum absolute atomic E-state index is 0.0705. The number of ether oxygens (including phenoxy) is 1. The van der Waals surface area contributed by atoms with Gasteiger partial charge in [-0.15, -0.1) is 11.6 Å². The van der Waals surface area contributed by atoms with Gasteiger partial charge in [0.25, 0.3) is 0 Å². The van der Waals surface area contributed by atoms with E-state index in [9.17, 15) is 8.78 Å². The summed E-state index contributed by atoms with van der Waals surface area (Å²) in [6.07, 6.45) is 0. The van der Waals surface area contributed by atoms with Crippen molar-refractivity contribution >= 4 is 23.2 Å². The Morgan fingerprint density at radius 1 is 1.00 bits per heavy atom. The van der Waals surface area contributed by atoms with Gasteiger partial charge in [0.15, 0.2) is 0 Å². The summed E-state index contributed by atoms with van der Waals surface area (Å²) in [6, 6.07) is 7.81. The number of halogens is 4. The molecule has 1 nitrogen and oxygen atoms in total. The van der Waals surface area contributed by atoms with E-state index < -0.39 is 11.6 Å². The van der Waals surface area contributed by atoms with Gasteiger partial charge in [-0.3, -0.25) is 0 Å². The van der Waals surface area contributed by atoms with Crippen LogP contribution >= 0.6 is 23.2 Å². The first-order chi connectivity index (χ1) is 8.58. The van der Waals surface area contributed by atoms with Crippen molar-refractivity contribution in [3.63, 3.8) is 0 Å². The SMILES string of the molecule is Fc1cc(F)cc(Oc2ccc(Cl)cc2CCl)c1. The number of alkyl halides is 1. The van der Waals surface area contributed by atoms with Crippen LogP contribution in [0.3, 0.4) is 0 Å². The van der Waals surface area contributed by atoms with Gasteiger partial charge in [-0.25, -0.2) is 8.78 Å². The van der Waals surface area contributed by atoms with Gasteiger partial charge < -0.3 is 4.74 Å². The average Bonchev–Trinajstić information content (AvgIpc) is 2.30. The number of hydrogen-bond donors (Lipinski definition) is 0. The van der Waals surface area contributed by atoms with E-state index in [-0.39, 0.29) is 11.6 Å². The highest BCUT2D eigenvalue weighted by molar-refractivity contribution is 6.30. The van der Waals surface area contributed by atoms with Crippen LogP contribution in [0.5, 0.6) is 11.5 Å². The maximum atomic E-state index is 13.0. The molecule has 0 aliphatic carbocycles. The van der Waals surface area contributed by atoms with E-state index in [1.54, 1.807) is 18.2 Å². The van der Waals surface area contributed by atoms with E-state index in [0.29, 0.717) is 16.3 Å². The summed E-state index contributed by atoms with van der Waals surface area (Å²) >= 11 is 11.6. The molecule has 0 saturated heterocycles. The van der Waals surface area contributed by atoms with Crippen LogP contribution in [-0.2, 0) is 5.88 Å². The molecular weight excluding hydrogens is 281 g/mol. The molecule has 0 saturated carbocycles. The first-order valence-electron chi connectivity index (χ1n) is 5.07. The topological polar surface area (TPSA) is 9.23 Å². The zero-order valence-electron chi connectivity index (χ0n) is 9.09. The van der Waals surface area contributed by atoms with E-state index >= 15 is 0 Å². The van der Waals surface area contributed by atoms with Crippen LogP contribution in [0, 0.1) is 11.6 Å². The highest BCUT2D eigenvalue weighted by Gasteiger charge is 2.07. The van der Waals surface area contributed by atoms with Crippen LogP contribution in [-0.4, -0.2) is 0 Å². The quantitative estimate of drug-likeness (QED) is 0.710. The van der Waals surface area contributed by atoms with Crippen molar-refractivity contribution in [1.82, 2.24) is 0 Å². The molecule has 0 spiro atoms. The molecule has 0 aliphatic rings. The zero-order valence-corrected chi connectivity index (χ0v) is 10.6. The lowest BCUT2D eigenvalue weighted by Gasteiger charge is -2.10. The summed E-state index contributed by atoms with van der Waals surface area (Å²) < 4.78 is 31.4. The molecule has 2 rings (SSSR count). The molecule has 0 heterocycles. The van der Waals surface area contributed by atoms with E-state index in [1.165, 1.54) is 0 Å². The summed E-state index contributed by atoms with van der Waals surface area (Å²) in [5.74, 6) is -0.730. The molecule has 0 N–H and O–H groups in total. The van der Waals surface area contributed by atoms with Crippen LogP contribution in [0.1, 0.15) is 5.56 Å². The third-order valence-electron chi connectivity index (χ3n) is 2.23. The van der Waals surface area contributed by atoms with Crippen LogP contribution in [0.4, 0.5) is 8.78 Å². The maximum absolute atomic E-state index is 13.0. The fraction of sp³-hybridized carbons (Fsp3) is 0.0769. The molecule has 94 valence electrons. The summed E-state index contributed by atoms with van der Waals surface area (Å²) in [5.41, 5.74) is 0.647. The second kappa shape index (κ2) is 5.55. The lowest BCUT2D eigenvalue weighted by molar-refractivity contribution is 0.464. The molecule has 0 atom stereocenters. The minimum atomic E-state index is -0.702. The van der Waals surface area contributed by atoms with Crippen molar-refractivity contribution in [2.24, 2.45) is 0 Å². The number of rotatable bonds is 3. The molecule has 0 unspecified atom stereocenters. The average molecular weight is 289 g/mol. The standard InChI is InChI=1S/C13H8Cl2F2O/c14-7-8-3-9(15)1-2-13(8)18-12-5-10(16)4-11(17)6-12/h1-6H,7H2. The van der Waals surface area contributed by atoms with Gasteiger partial charge >= 0.3 is 0 Å². The summed E-state index contributed by atoms with van der Waals surface area (Å²) in [7, 11) is 0. The summed E-state index contributed by atoms with van der Waals surface area (Å²) in [6.45, 7) is 0. The molecule has 5 heteroatoms. The fourth-order valence-corrected chi connectivity index (χ4v) is 1.87. The van der Waals surface area contributed by atoms with Gasteiger partial charge in [0, 0.05) is 28.8 Å². The van der Waals surface area contributed by atoms with E-state index in [2.05, 4.69) is 0 Å². The molecule has 0 fully saturated rings. The van der Waals surface area contributed by atoms with Crippen molar-refractivity contribution in [3.8, 4) is 11.5 Å². The van der Waals surface area contributed by atoms with Crippen LogP contribution in [0.2, 0.25) is 5.02 Å². The van der Waals surface area contributed by atoms with Crippen molar-refractivity contribution in [3.05, 3.63) is 58.6 Å². The molecular formula is C13H8Cl2F2O. The number of hydrogen-bond acceptors (Lipinski definition) is 1. The van der Waals surface area contributed by atoms with Gasteiger partial charge in [-0.1, -0.05) is 11.6 Å². The van der Waals surface area contributed by atoms with Crippen LogP contribution in [0.25, 0.3) is 0 Å². The first kappa shape index (κ1) is 13.1. The monoisotopic (exact) mass is 288 g/mol. The van der Waals surface area contributed by atoms with Gasteiger partial charge in [0.05, 0.1) is 5.88 Å². The minimum Gasteiger partial charge on any atom is -0.457 e. The second-order valence-corrected chi connectivity index (χ2v) is 4.30. The van der Waals surface area contributed by atoms with E-state index in [0.717, 1.165) is 18.2 Å². The Kier molecular flexibility index (Phi) is 4.04. The second-order valence-electron chi connectivity index (χ2n) is 3.59. The molecule has 0 amide bonds. The van der Waals surface area contributed by atoms with Crippen LogP contribution < -0.4 is 4.74 Å². The fourth-order valence-electron chi connectivity index (χ4n) is 1.47. The van der Waals surface area contributed by atoms with Gasteiger partial charge in [0.2, 0.25) is 0 Å². The highest BCUT2D eigenvalue weighted by Crippen LogP contribution is 2.29. The Hall–Kier alpha value is -1.32. The molecule has 0 aromatic heterocycles. The molecule has 0 radical (unpaired) electrons. The Balaban J connectivity index is 2.33. The lowest BCUT2D eigenvalue weighted by Crippen LogP contribution is -1.91. The van der Waals surface area contributed by atoms with Crippen molar-refractivity contribution < 1.29 is 13.5 Å². The number of benzene rings is 2. The van der Waals surface area contributed by atoms with Crippen LogP contribution in [0.15, 0.2) is 36.4 Å². The van der Waals surface area contributed by atoms with Gasteiger partial charge in [-0.2, -0.15) is 0 Å². The largest absolute Gasteiger partial charge is 0.457 e. The van der Waals surface area contributed by atoms with Crippen molar-refractivity contribution in [2.75, 3.05) is 0 Å². The lowest BCUT2D eigenvalue weighted by atomic mass is 10.2. The molecule has 18 heavy (non-hydrogen) atoms. The first-order valence-corrected chi connectivity index (χ1v) is 5.98. The Labute approximate surface area is 113 Å². The zero-order chi connectivity index (χ0) is 13.1. The Morgan fingerprint density at radius 3 is 2.28 bits per heavy atom. The van der Waals surface area contributed by atoms with Crippen molar-refractivity contribution in [2.45, 2.75) is 5.88 Å². The molecule has 0 bridgehead atoms. The van der Waals surface area contributed by atoms with E-state index in [4.69, 9.17) is 27.9 Å². The van der Waals surface area contributed by atoms with Gasteiger partial charge in [-0.05, 0) is 18.2 Å². The third kappa shape index (κ3) is 3.12. The highest BCUT2D eigenvalue weighted by atomic mass is 35.5. The smallest absolute Gasteiger partial charge is 0.133 e. The van der Waals surface area contributed by atoms with Crippen molar-refractivity contribution in [1.29, 1.82) is 0 Å². The summed E-state index contributed by atoms with van der Waals surface area (Å²) in [4.78, 5) is 0. The third-order valence-corrected chi connectivity index (χ3v) is 2.75. The Morgan fingerprint density at radius 2 is 1.67 bits per heavy atom. The molecule has 2 aromatic rings. The molecule has 0 aliphatic heterocycles. The Bertz CT molecular complexity index is 553. The normalized spacial score (nSPS) is 10.4. The van der Waals surface area contributed by atoms with E-state index in [1.807, 2.05) is 0 Å².